The third-order valence-corrected chi connectivity index (χ3v) is 0.728. The van der Waals surface area contributed by atoms with Gasteiger partial charge in [-0.3, -0.25) is 0 Å². The second kappa shape index (κ2) is 3.13. The summed E-state index contributed by atoms with van der Waals surface area (Å²) in [4.78, 5) is 0. The Morgan fingerprint density at radius 3 is 2.00 bits per heavy atom. The fourth-order valence-corrected chi connectivity index (χ4v) is 0.346. The zero-order valence-corrected chi connectivity index (χ0v) is 5.31. The van der Waals surface area contributed by atoms with Crippen molar-refractivity contribution < 1.29 is 0 Å². The van der Waals surface area contributed by atoms with E-state index in [1.165, 1.54) is 0 Å². The molecule has 2 nitrogen and oxygen atoms in total. The Hall–Kier alpha value is -0.920. The first-order chi connectivity index (χ1) is 3.66. The highest BCUT2D eigenvalue weighted by Gasteiger charge is 1.77. The van der Waals surface area contributed by atoms with E-state index in [0.29, 0.717) is 5.70 Å². The van der Waals surface area contributed by atoms with Gasteiger partial charge in [0, 0.05) is 11.4 Å². The van der Waals surface area contributed by atoms with E-state index in [2.05, 4.69) is 0 Å². The summed E-state index contributed by atoms with van der Waals surface area (Å²) >= 11 is 0. The van der Waals surface area contributed by atoms with E-state index in [9.17, 15) is 0 Å². The lowest BCUT2D eigenvalue weighted by atomic mass is 10.3. The molecule has 0 atom stereocenters. The third-order valence-electron chi connectivity index (χ3n) is 0.728. The molecular formula is C6H12N2. The number of allylic oxidation sites excluding steroid dienone is 3. The first-order valence-corrected chi connectivity index (χ1v) is 2.52. The molecule has 0 aromatic heterocycles. The molecule has 0 fully saturated rings. The maximum atomic E-state index is 5.38. The highest BCUT2D eigenvalue weighted by molar-refractivity contribution is 5.16. The van der Waals surface area contributed by atoms with Crippen LogP contribution in [0, 0.1) is 0 Å². The normalized spacial score (nSPS) is 14.2. The smallest absolute Gasteiger partial charge is 0.0287 e. The maximum absolute atomic E-state index is 5.38. The van der Waals surface area contributed by atoms with Crippen LogP contribution < -0.4 is 11.5 Å². The van der Waals surface area contributed by atoms with Crippen molar-refractivity contribution in [2.75, 3.05) is 0 Å². The van der Waals surface area contributed by atoms with Gasteiger partial charge in [-0.15, -0.1) is 0 Å². The summed E-state index contributed by atoms with van der Waals surface area (Å²) in [7, 11) is 0. The molecule has 0 heterocycles. The molecule has 4 N–H and O–H groups in total. The van der Waals surface area contributed by atoms with Gasteiger partial charge in [0.05, 0.1) is 0 Å². The lowest BCUT2D eigenvalue weighted by Crippen LogP contribution is -1.97. The van der Waals surface area contributed by atoms with Crippen LogP contribution in [0.5, 0.6) is 0 Å². The summed E-state index contributed by atoms with van der Waals surface area (Å²) in [5.41, 5.74) is 12.1. The number of hydrogen-bond acceptors (Lipinski definition) is 2. The largest absolute Gasteiger partial charge is 0.402 e. The van der Waals surface area contributed by atoms with Gasteiger partial charge in [0.25, 0.3) is 0 Å². The summed E-state index contributed by atoms with van der Waals surface area (Å²) in [6.45, 7) is 3.67. The molecule has 0 aromatic carbocycles. The summed E-state index contributed by atoms with van der Waals surface area (Å²) in [5, 5.41) is 0. The van der Waals surface area contributed by atoms with Crippen LogP contribution in [0.25, 0.3) is 0 Å². The molecule has 46 valence electrons. The van der Waals surface area contributed by atoms with Crippen LogP contribution in [0.1, 0.15) is 13.8 Å². The van der Waals surface area contributed by atoms with Gasteiger partial charge in [0.1, 0.15) is 0 Å². The summed E-state index contributed by atoms with van der Waals surface area (Å²) in [6.07, 6.45) is 3.52. The van der Waals surface area contributed by atoms with Crippen LogP contribution in [-0.2, 0) is 0 Å². The summed E-state index contributed by atoms with van der Waals surface area (Å²) in [6, 6.07) is 0. The zero-order valence-electron chi connectivity index (χ0n) is 5.31. The molecule has 0 radical (unpaired) electrons. The molecule has 0 bridgehead atoms. The van der Waals surface area contributed by atoms with Crippen molar-refractivity contribution in [3.63, 3.8) is 0 Å². The number of nitrogens with two attached hydrogens (primary N) is 2. The van der Waals surface area contributed by atoms with E-state index in [4.69, 9.17) is 11.5 Å². The van der Waals surface area contributed by atoms with Crippen molar-refractivity contribution in [1.29, 1.82) is 0 Å². The van der Waals surface area contributed by atoms with Gasteiger partial charge in [-0.2, -0.15) is 0 Å². The summed E-state index contributed by atoms with van der Waals surface area (Å²) in [5.74, 6) is 0. The van der Waals surface area contributed by atoms with E-state index in [0.717, 1.165) is 5.70 Å². The van der Waals surface area contributed by atoms with Crippen molar-refractivity contribution in [3.8, 4) is 0 Å². The van der Waals surface area contributed by atoms with Gasteiger partial charge >= 0.3 is 0 Å². The van der Waals surface area contributed by atoms with Crippen molar-refractivity contribution in [1.82, 2.24) is 0 Å². The lowest BCUT2D eigenvalue weighted by molar-refractivity contribution is 1.27. The fraction of sp³-hybridized carbons (Fsp3) is 0.333. The molecule has 2 heteroatoms. The van der Waals surface area contributed by atoms with Crippen LogP contribution in [-0.4, -0.2) is 0 Å². The Kier molecular flexibility index (Phi) is 2.77. The van der Waals surface area contributed by atoms with Crippen LogP contribution >= 0.6 is 0 Å². The highest BCUT2D eigenvalue weighted by atomic mass is 14.6. The average Bonchev–Trinajstić information content (AvgIpc) is 1.65. The Bertz CT molecular complexity index is 118. The molecule has 0 amide bonds. The van der Waals surface area contributed by atoms with E-state index in [-0.39, 0.29) is 0 Å². The van der Waals surface area contributed by atoms with Crippen molar-refractivity contribution in [2.24, 2.45) is 11.5 Å². The molecule has 0 saturated heterocycles. The monoisotopic (exact) mass is 112 g/mol. The molecule has 0 rings (SSSR count). The Labute approximate surface area is 49.9 Å². The van der Waals surface area contributed by atoms with Crippen molar-refractivity contribution >= 4 is 0 Å². The Morgan fingerprint density at radius 1 is 1.38 bits per heavy atom. The van der Waals surface area contributed by atoms with Crippen molar-refractivity contribution in [3.05, 3.63) is 23.5 Å². The van der Waals surface area contributed by atoms with Gasteiger partial charge in [-0.05, 0) is 19.9 Å². The highest BCUT2D eigenvalue weighted by Crippen LogP contribution is 1.87. The van der Waals surface area contributed by atoms with Gasteiger partial charge in [0.15, 0.2) is 0 Å². The topological polar surface area (TPSA) is 52.0 Å². The van der Waals surface area contributed by atoms with E-state index in [1.807, 2.05) is 6.92 Å². The van der Waals surface area contributed by atoms with Crippen LogP contribution in [0.4, 0.5) is 0 Å². The van der Waals surface area contributed by atoms with E-state index in [1.54, 1.807) is 19.1 Å². The molecule has 0 aliphatic heterocycles. The predicted molar refractivity (Wildman–Crippen MR) is 35.9 cm³/mol. The summed E-state index contributed by atoms with van der Waals surface area (Å²) < 4.78 is 0. The minimum atomic E-state index is 0.713. The van der Waals surface area contributed by atoms with Gasteiger partial charge in [-0.1, -0.05) is 6.08 Å². The molecule has 0 aliphatic rings. The first kappa shape index (κ1) is 7.08. The quantitative estimate of drug-likeness (QED) is 0.491. The number of rotatable bonds is 1. The molecule has 0 saturated carbocycles. The SMILES string of the molecule is C/C=C(N)\C=C(/C)N. The Morgan fingerprint density at radius 2 is 1.88 bits per heavy atom. The molecule has 0 unspecified atom stereocenters. The lowest BCUT2D eigenvalue weighted by Gasteiger charge is -1.89. The van der Waals surface area contributed by atoms with Gasteiger partial charge in [0.2, 0.25) is 0 Å². The fourth-order valence-electron chi connectivity index (χ4n) is 0.346. The number of hydrogen-bond donors (Lipinski definition) is 2. The predicted octanol–water partition coefficient (Wildman–Crippen LogP) is 0.711. The minimum absolute atomic E-state index is 0.713. The van der Waals surface area contributed by atoms with Gasteiger partial charge < -0.3 is 11.5 Å². The average molecular weight is 112 g/mol. The first-order valence-electron chi connectivity index (χ1n) is 2.52. The molecule has 0 aliphatic carbocycles. The maximum Gasteiger partial charge on any atom is 0.0287 e. The molecule has 0 aromatic rings. The zero-order chi connectivity index (χ0) is 6.57. The van der Waals surface area contributed by atoms with Crippen molar-refractivity contribution in [2.45, 2.75) is 13.8 Å². The molecule has 0 spiro atoms. The van der Waals surface area contributed by atoms with E-state index < -0.39 is 0 Å². The van der Waals surface area contributed by atoms with Gasteiger partial charge in [-0.25, -0.2) is 0 Å². The van der Waals surface area contributed by atoms with E-state index >= 15 is 0 Å². The Balaban J connectivity index is 3.89. The minimum Gasteiger partial charge on any atom is -0.402 e. The standard InChI is InChI=1S/C6H12N2/c1-3-6(8)4-5(2)7/h3-4H,7-8H2,1-2H3/b5-4+,6-3+. The van der Waals surface area contributed by atoms with Crippen LogP contribution in [0.2, 0.25) is 0 Å². The van der Waals surface area contributed by atoms with Crippen LogP contribution in [0.3, 0.4) is 0 Å². The van der Waals surface area contributed by atoms with Crippen LogP contribution in [0.15, 0.2) is 23.5 Å². The third kappa shape index (κ3) is 3.28. The second-order valence-corrected chi connectivity index (χ2v) is 1.68. The second-order valence-electron chi connectivity index (χ2n) is 1.68. The molecular weight excluding hydrogens is 100 g/mol. The molecule has 8 heavy (non-hydrogen) atoms.